The van der Waals surface area contributed by atoms with Crippen LogP contribution in [0.15, 0.2) is 42.5 Å². The molecule has 0 spiro atoms. The number of carbonyl (C=O) groups is 2. The first-order valence-electron chi connectivity index (χ1n) is 8.65. The predicted molar refractivity (Wildman–Crippen MR) is 104 cm³/mol. The van der Waals surface area contributed by atoms with Crippen LogP contribution in [0.4, 0.5) is 0 Å². The van der Waals surface area contributed by atoms with Gasteiger partial charge in [0.1, 0.15) is 5.69 Å². The minimum Gasteiger partial charge on any atom is -0.493 e. The number of hydrogen-bond acceptors (Lipinski definition) is 5. The molecule has 0 saturated heterocycles. The van der Waals surface area contributed by atoms with Crippen LogP contribution in [0.5, 0.6) is 11.5 Å². The molecule has 0 atom stereocenters. The number of imide groups is 1. The number of amides is 2. The largest absolute Gasteiger partial charge is 0.493 e. The summed E-state index contributed by atoms with van der Waals surface area (Å²) in [4.78, 5) is 32.7. The van der Waals surface area contributed by atoms with Crippen LogP contribution in [-0.2, 0) is 0 Å². The molecular weight excluding hydrogens is 358 g/mol. The lowest BCUT2D eigenvalue weighted by Gasteiger charge is -2.11. The average Bonchev–Trinajstić information content (AvgIpc) is 3.24. The van der Waals surface area contributed by atoms with Crippen molar-refractivity contribution in [1.29, 1.82) is 0 Å². The maximum absolute atomic E-state index is 12.4. The van der Waals surface area contributed by atoms with Crippen molar-refractivity contribution >= 4 is 33.6 Å². The van der Waals surface area contributed by atoms with E-state index in [-0.39, 0.29) is 5.69 Å². The zero-order valence-electron chi connectivity index (χ0n) is 15.1. The highest BCUT2D eigenvalue weighted by atomic mass is 16.5. The summed E-state index contributed by atoms with van der Waals surface area (Å²) in [6.07, 6.45) is 0. The highest BCUT2D eigenvalue weighted by Crippen LogP contribution is 2.39. The van der Waals surface area contributed by atoms with Crippen molar-refractivity contribution in [2.75, 3.05) is 14.2 Å². The van der Waals surface area contributed by atoms with Gasteiger partial charge in [0.05, 0.1) is 31.0 Å². The van der Waals surface area contributed by atoms with Crippen LogP contribution >= 0.6 is 0 Å². The van der Waals surface area contributed by atoms with E-state index in [0.29, 0.717) is 33.7 Å². The molecule has 7 heteroatoms. The summed E-state index contributed by atoms with van der Waals surface area (Å²) in [6, 6.07) is 13.1. The molecule has 0 unspecified atom stereocenters. The van der Waals surface area contributed by atoms with E-state index in [2.05, 4.69) is 15.3 Å². The Morgan fingerprint density at radius 1 is 0.893 bits per heavy atom. The number of nitrogens with zero attached hydrogens (tertiary/aromatic N) is 1. The second-order valence-corrected chi connectivity index (χ2v) is 6.46. The third-order valence-corrected chi connectivity index (χ3v) is 4.98. The van der Waals surface area contributed by atoms with Crippen LogP contribution in [0.1, 0.15) is 20.8 Å². The minimum absolute atomic E-state index is 0.132. The smallest absolute Gasteiger partial charge is 0.277 e. The maximum atomic E-state index is 12.4. The predicted octanol–water partition coefficient (Wildman–Crippen LogP) is 3.28. The summed E-state index contributed by atoms with van der Waals surface area (Å²) in [5.41, 5.74) is 3.30. The molecule has 3 heterocycles. The van der Waals surface area contributed by atoms with Gasteiger partial charge in [0.2, 0.25) is 0 Å². The molecule has 0 fully saturated rings. The van der Waals surface area contributed by atoms with E-state index in [1.165, 1.54) is 0 Å². The first-order valence-corrected chi connectivity index (χ1v) is 8.65. The second kappa shape index (κ2) is 5.82. The number of aromatic amines is 1. The molecule has 0 saturated carbocycles. The molecule has 1 aliphatic rings. The molecule has 0 bridgehead atoms. The first-order chi connectivity index (χ1) is 13.6. The lowest BCUT2D eigenvalue weighted by Crippen LogP contribution is -2.20. The first kappa shape index (κ1) is 16.3. The van der Waals surface area contributed by atoms with E-state index in [1.807, 2.05) is 30.3 Å². The van der Waals surface area contributed by atoms with Crippen molar-refractivity contribution < 1.29 is 19.1 Å². The number of aromatic nitrogens is 2. The summed E-state index contributed by atoms with van der Waals surface area (Å²) in [6.45, 7) is 0. The maximum Gasteiger partial charge on any atom is 0.277 e. The Bertz CT molecular complexity index is 1310. The lowest BCUT2D eigenvalue weighted by atomic mass is 10.0. The number of carbonyl (C=O) groups excluding carboxylic acids is 2. The summed E-state index contributed by atoms with van der Waals surface area (Å²) < 4.78 is 10.7. The highest BCUT2D eigenvalue weighted by molar-refractivity contribution is 6.30. The SMILES string of the molecule is COc1ccc(-c2nc3c(c4c2[nH]c2ccccc24)C(=O)NC3=O)cc1OC. The number of H-pyrrole nitrogens is 1. The van der Waals surface area contributed by atoms with Gasteiger partial charge in [-0.05, 0) is 24.3 Å². The van der Waals surface area contributed by atoms with Crippen LogP contribution in [0.3, 0.4) is 0 Å². The average molecular weight is 373 g/mol. The number of hydrogen-bond donors (Lipinski definition) is 2. The zero-order valence-corrected chi connectivity index (χ0v) is 15.1. The Labute approximate surface area is 159 Å². The number of ether oxygens (including phenoxy) is 2. The van der Waals surface area contributed by atoms with E-state index in [1.54, 1.807) is 26.4 Å². The topological polar surface area (TPSA) is 93.3 Å². The van der Waals surface area contributed by atoms with Gasteiger partial charge in [-0.15, -0.1) is 0 Å². The van der Waals surface area contributed by atoms with Crippen LogP contribution in [-0.4, -0.2) is 36.0 Å². The van der Waals surface area contributed by atoms with Gasteiger partial charge in [-0.25, -0.2) is 4.98 Å². The zero-order chi connectivity index (χ0) is 19.4. The van der Waals surface area contributed by atoms with Crippen LogP contribution in [0.25, 0.3) is 33.1 Å². The summed E-state index contributed by atoms with van der Waals surface area (Å²) in [5, 5.41) is 3.90. The van der Waals surface area contributed by atoms with Crippen LogP contribution in [0, 0.1) is 0 Å². The van der Waals surface area contributed by atoms with Crippen molar-refractivity contribution in [2.24, 2.45) is 0 Å². The van der Waals surface area contributed by atoms with Gasteiger partial charge in [0.25, 0.3) is 11.8 Å². The third-order valence-electron chi connectivity index (χ3n) is 4.98. The van der Waals surface area contributed by atoms with Crippen LogP contribution in [0.2, 0.25) is 0 Å². The Kier molecular flexibility index (Phi) is 3.39. The molecule has 138 valence electrons. The fourth-order valence-corrected chi connectivity index (χ4v) is 3.72. The third kappa shape index (κ3) is 2.13. The van der Waals surface area contributed by atoms with Gasteiger partial charge in [0, 0.05) is 21.9 Å². The standard InChI is InChI=1S/C21H15N3O4/c1-27-13-8-7-10(9-14(13)28-2)17-18-15(11-5-3-4-6-12(11)22-18)16-19(23-17)21(26)24-20(16)25/h3-9,22H,1-2H3,(H,24,25,26). The van der Waals surface area contributed by atoms with Gasteiger partial charge in [-0.1, -0.05) is 18.2 Å². The number of pyridine rings is 1. The van der Waals surface area contributed by atoms with Gasteiger partial charge >= 0.3 is 0 Å². The number of rotatable bonds is 3. The van der Waals surface area contributed by atoms with E-state index in [0.717, 1.165) is 16.5 Å². The Hall–Kier alpha value is -3.87. The van der Waals surface area contributed by atoms with E-state index < -0.39 is 11.8 Å². The fourth-order valence-electron chi connectivity index (χ4n) is 3.72. The van der Waals surface area contributed by atoms with Crippen molar-refractivity contribution in [1.82, 2.24) is 15.3 Å². The molecule has 0 radical (unpaired) electrons. The van der Waals surface area contributed by atoms with E-state index >= 15 is 0 Å². The molecule has 7 nitrogen and oxygen atoms in total. The quantitative estimate of drug-likeness (QED) is 0.538. The highest BCUT2D eigenvalue weighted by Gasteiger charge is 2.33. The Morgan fingerprint density at radius 3 is 2.46 bits per heavy atom. The van der Waals surface area contributed by atoms with Gasteiger partial charge in [-0.3, -0.25) is 14.9 Å². The number of methoxy groups -OCH3 is 2. The van der Waals surface area contributed by atoms with Gasteiger partial charge < -0.3 is 14.5 Å². The fraction of sp³-hybridized carbons (Fsp3) is 0.0952. The molecule has 4 aromatic rings. The molecular formula is C21H15N3O4. The number of para-hydroxylation sites is 1. The summed E-state index contributed by atoms with van der Waals surface area (Å²) in [5.74, 6) is 0.218. The van der Waals surface area contributed by atoms with Crippen molar-refractivity contribution in [3.05, 3.63) is 53.7 Å². The molecule has 2 amide bonds. The molecule has 1 aliphatic heterocycles. The van der Waals surface area contributed by atoms with E-state index in [9.17, 15) is 9.59 Å². The number of benzene rings is 2. The number of fused-ring (bicyclic) bond motifs is 5. The summed E-state index contributed by atoms with van der Waals surface area (Å²) >= 11 is 0. The summed E-state index contributed by atoms with van der Waals surface area (Å²) in [7, 11) is 3.12. The monoisotopic (exact) mass is 373 g/mol. The normalized spacial score (nSPS) is 13.1. The minimum atomic E-state index is -0.492. The number of nitrogens with one attached hydrogen (secondary N) is 2. The van der Waals surface area contributed by atoms with Gasteiger partial charge in [-0.2, -0.15) is 0 Å². The van der Waals surface area contributed by atoms with Crippen LogP contribution < -0.4 is 14.8 Å². The van der Waals surface area contributed by atoms with Crippen molar-refractivity contribution in [2.45, 2.75) is 0 Å². The molecule has 5 rings (SSSR count). The molecule has 0 aliphatic carbocycles. The molecule has 2 aromatic heterocycles. The van der Waals surface area contributed by atoms with E-state index in [4.69, 9.17) is 9.47 Å². The molecule has 28 heavy (non-hydrogen) atoms. The Morgan fingerprint density at radius 2 is 1.68 bits per heavy atom. The van der Waals surface area contributed by atoms with Crippen molar-refractivity contribution in [3.8, 4) is 22.8 Å². The molecule has 2 N–H and O–H groups in total. The van der Waals surface area contributed by atoms with Gasteiger partial charge in [0.15, 0.2) is 11.5 Å². The van der Waals surface area contributed by atoms with Crippen molar-refractivity contribution in [3.63, 3.8) is 0 Å². The Balaban J connectivity index is 1.91. The lowest BCUT2D eigenvalue weighted by molar-refractivity contribution is 0.0878. The second-order valence-electron chi connectivity index (χ2n) is 6.46. The molecule has 2 aromatic carbocycles.